The minimum atomic E-state index is -3.65. The molecule has 24 heavy (non-hydrogen) atoms. The first-order valence-electron chi connectivity index (χ1n) is 7.62. The highest BCUT2D eigenvalue weighted by atomic mass is 32.2. The van der Waals surface area contributed by atoms with Crippen LogP contribution in [0.1, 0.15) is 17.9 Å². The molecular formula is C17H16N2O4S. The molecule has 0 unspecified atom stereocenters. The summed E-state index contributed by atoms with van der Waals surface area (Å²) in [5.41, 5.74) is 1.96. The molecule has 1 aliphatic carbocycles. The quantitative estimate of drug-likeness (QED) is 0.784. The van der Waals surface area contributed by atoms with Crippen molar-refractivity contribution in [2.45, 2.75) is 23.3 Å². The van der Waals surface area contributed by atoms with Crippen LogP contribution in [-0.4, -0.2) is 19.0 Å². The van der Waals surface area contributed by atoms with E-state index in [0.29, 0.717) is 5.52 Å². The Balaban J connectivity index is 1.59. The molecule has 1 N–H and O–H groups in total. The molecule has 3 aromatic rings. The summed E-state index contributed by atoms with van der Waals surface area (Å²) in [5.74, 6) is -0.307. The van der Waals surface area contributed by atoms with Crippen LogP contribution in [-0.2, 0) is 17.1 Å². The Bertz CT molecular complexity index is 1070. The minimum absolute atomic E-state index is 0.100. The molecule has 0 aliphatic heterocycles. The highest BCUT2D eigenvalue weighted by molar-refractivity contribution is 7.89. The molecule has 0 amide bonds. The van der Waals surface area contributed by atoms with Gasteiger partial charge in [0, 0.05) is 25.1 Å². The molecule has 2 atom stereocenters. The number of fused-ring (bicyclic) bond motifs is 1. The van der Waals surface area contributed by atoms with Crippen LogP contribution in [0.4, 0.5) is 0 Å². The largest absolute Gasteiger partial charge is 0.419 e. The van der Waals surface area contributed by atoms with Crippen LogP contribution in [0.3, 0.4) is 0 Å². The van der Waals surface area contributed by atoms with Crippen molar-refractivity contribution in [2.75, 3.05) is 0 Å². The number of benzene rings is 2. The number of rotatable bonds is 4. The maximum atomic E-state index is 12.6. The molecule has 1 aliphatic rings. The van der Waals surface area contributed by atoms with Gasteiger partial charge < -0.3 is 4.42 Å². The van der Waals surface area contributed by atoms with Gasteiger partial charge in [0.1, 0.15) is 0 Å². The van der Waals surface area contributed by atoms with Crippen molar-refractivity contribution < 1.29 is 12.8 Å². The maximum absolute atomic E-state index is 12.6. The highest BCUT2D eigenvalue weighted by Crippen LogP contribution is 2.41. The average Bonchev–Trinajstić information content (AvgIpc) is 3.26. The van der Waals surface area contributed by atoms with Gasteiger partial charge in [-0.25, -0.2) is 17.9 Å². The van der Waals surface area contributed by atoms with E-state index in [0.717, 1.165) is 12.0 Å². The molecule has 124 valence electrons. The van der Waals surface area contributed by atoms with Gasteiger partial charge in [-0.3, -0.25) is 4.57 Å². The van der Waals surface area contributed by atoms with Gasteiger partial charge in [-0.05, 0) is 24.1 Å². The van der Waals surface area contributed by atoms with Gasteiger partial charge in [0.2, 0.25) is 10.0 Å². The van der Waals surface area contributed by atoms with Crippen molar-refractivity contribution in [3.8, 4) is 0 Å². The van der Waals surface area contributed by atoms with Crippen molar-refractivity contribution in [2.24, 2.45) is 7.05 Å². The molecular weight excluding hydrogens is 328 g/mol. The fourth-order valence-electron chi connectivity index (χ4n) is 2.94. The van der Waals surface area contributed by atoms with Crippen molar-refractivity contribution in [3.05, 3.63) is 64.6 Å². The van der Waals surface area contributed by atoms with Crippen molar-refractivity contribution >= 4 is 21.1 Å². The third-order valence-electron chi connectivity index (χ3n) is 4.40. The van der Waals surface area contributed by atoms with E-state index in [2.05, 4.69) is 4.72 Å². The molecule has 0 bridgehead atoms. The smallest absolute Gasteiger partial charge is 0.408 e. The van der Waals surface area contributed by atoms with Gasteiger partial charge in [0.25, 0.3) is 0 Å². The predicted octanol–water partition coefficient (Wildman–Crippen LogP) is 1.97. The van der Waals surface area contributed by atoms with Gasteiger partial charge in [-0.15, -0.1) is 0 Å². The average molecular weight is 344 g/mol. The fourth-order valence-corrected chi connectivity index (χ4v) is 4.25. The second kappa shape index (κ2) is 5.32. The third-order valence-corrected chi connectivity index (χ3v) is 5.89. The number of aryl methyl sites for hydroxylation is 1. The highest BCUT2D eigenvalue weighted by Gasteiger charge is 2.41. The van der Waals surface area contributed by atoms with Crippen LogP contribution in [0, 0.1) is 0 Å². The van der Waals surface area contributed by atoms with Gasteiger partial charge in [-0.2, -0.15) is 0 Å². The summed E-state index contributed by atoms with van der Waals surface area (Å²) in [5, 5.41) is 0. The maximum Gasteiger partial charge on any atom is 0.419 e. The van der Waals surface area contributed by atoms with Crippen LogP contribution in [0.15, 0.2) is 62.6 Å². The Morgan fingerprint density at radius 1 is 1.17 bits per heavy atom. The monoisotopic (exact) mass is 344 g/mol. The first-order chi connectivity index (χ1) is 11.5. The number of nitrogens with one attached hydrogen (secondary N) is 1. The van der Waals surface area contributed by atoms with E-state index >= 15 is 0 Å². The normalized spacial score (nSPS) is 20.4. The molecule has 1 heterocycles. The zero-order valence-electron chi connectivity index (χ0n) is 13.0. The second-order valence-electron chi connectivity index (χ2n) is 6.04. The van der Waals surface area contributed by atoms with Crippen molar-refractivity contribution in [1.82, 2.24) is 9.29 Å². The Morgan fingerprint density at radius 2 is 1.92 bits per heavy atom. The molecule has 6 nitrogen and oxygen atoms in total. The first kappa shape index (κ1) is 15.2. The lowest BCUT2D eigenvalue weighted by atomic mass is 10.1. The lowest BCUT2D eigenvalue weighted by molar-refractivity contribution is 0.527. The predicted molar refractivity (Wildman–Crippen MR) is 89.4 cm³/mol. The molecule has 0 saturated heterocycles. The number of oxazole rings is 1. The van der Waals surface area contributed by atoms with Gasteiger partial charge in [0.05, 0.1) is 10.4 Å². The molecule has 1 aromatic heterocycles. The van der Waals surface area contributed by atoms with Crippen LogP contribution < -0.4 is 10.5 Å². The molecule has 2 aromatic carbocycles. The molecule has 4 rings (SSSR count). The SMILES string of the molecule is Cn1c(=O)oc2cc(S(=O)(=O)N[C@@H]3C[C@@H]3c3ccccc3)ccc21. The molecule has 1 fully saturated rings. The molecule has 7 heteroatoms. The lowest BCUT2D eigenvalue weighted by Gasteiger charge is -2.06. The summed E-state index contributed by atoms with van der Waals surface area (Å²) in [6.45, 7) is 0. The van der Waals surface area contributed by atoms with Crippen LogP contribution in [0.25, 0.3) is 11.1 Å². The number of nitrogens with zero attached hydrogens (tertiary/aromatic N) is 1. The van der Waals surface area contributed by atoms with Crippen LogP contribution in [0.2, 0.25) is 0 Å². The zero-order valence-corrected chi connectivity index (χ0v) is 13.8. The van der Waals surface area contributed by atoms with E-state index < -0.39 is 15.8 Å². The van der Waals surface area contributed by atoms with E-state index in [1.165, 1.54) is 16.7 Å². The topological polar surface area (TPSA) is 81.3 Å². The van der Waals surface area contributed by atoms with Crippen molar-refractivity contribution in [3.63, 3.8) is 0 Å². The Labute approximate surface area is 138 Å². The Kier molecular flexibility index (Phi) is 3.36. The van der Waals surface area contributed by atoms with Crippen LogP contribution >= 0.6 is 0 Å². The second-order valence-corrected chi connectivity index (χ2v) is 7.75. The number of sulfonamides is 1. The van der Waals surface area contributed by atoms with E-state index in [1.54, 1.807) is 13.1 Å². The summed E-state index contributed by atoms with van der Waals surface area (Å²) in [6.07, 6.45) is 0.784. The molecule has 0 radical (unpaired) electrons. The van der Waals surface area contributed by atoms with Crippen LogP contribution in [0.5, 0.6) is 0 Å². The number of hydrogen-bond acceptors (Lipinski definition) is 4. The van der Waals surface area contributed by atoms with Gasteiger partial charge >= 0.3 is 5.76 Å². The standard InChI is InChI=1S/C17H16N2O4S/c1-19-15-8-7-12(9-16(15)23-17(19)20)24(21,22)18-14-10-13(14)11-5-3-2-4-6-11/h2-9,13-14,18H,10H2,1H3/t13-,14-/m1/s1. The fraction of sp³-hybridized carbons (Fsp3) is 0.235. The molecule has 0 spiro atoms. The van der Waals surface area contributed by atoms with Gasteiger partial charge in [0.15, 0.2) is 5.58 Å². The van der Waals surface area contributed by atoms with Gasteiger partial charge in [-0.1, -0.05) is 30.3 Å². The summed E-state index contributed by atoms with van der Waals surface area (Å²) in [6, 6.07) is 14.2. The van der Waals surface area contributed by atoms with E-state index in [-0.39, 0.29) is 22.4 Å². The summed E-state index contributed by atoms with van der Waals surface area (Å²) in [4.78, 5) is 11.6. The Hall–Kier alpha value is -2.38. The summed E-state index contributed by atoms with van der Waals surface area (Å²) in [7, 11) is -2.08. The van der Waals surface area contributed by atoms with E-state index in [9.17, 15) is 13.2 Å². The van der Waals surface area contributed by atoms with E-state index in [4.69, 9.17) is 4.42 Å². The number of aromatic nitrogens is 1. The Morgan fingerprint density at radius 3 is 2.67 bits per heavy atom. The first-order valence-corrected chi connectivity index (χ1v) is 9.11. The summed E-state index contributed by atoms with van der Waals surface area (Å²) < 4.78 is 34.2. The molecule has 1 saturated carbocycles. The zero-order chi connectivity index (χ0) is 16.9. The third kappa shape index (κ3) is 2.55. The summed E-state index contributed by atoms with van der Waals surface area (Å²) >= 11 is 0. The number of hydrogen-bond donors (Lipinski definition) is 1. The lowest BCUT2D eigenvalue weighted by Crippen LogP contribution is -2.26. The minimum Gasteiger partial charge on any atom is -0.408 e. The van der Waals surface area contributed by atoms with E-state index in [1.807, 2.05) is 30.3 Å². The van der Waals surface area contributed by atoms with Crippen molar-refractivity contribution in [1.29, 1.82) is 0 Å².